The van der Waals surface area contributed by atoms with Crippen LogP contribution in [-0.2, 0) is 6.42 Å². The minimum absolute atomic E-state index is 0.0510. The van der Waals surface area contributed by atoms with E-state index in [2.05, 4.69) is 21.8 Å². The maximum absolute atomic E-state index is 13.3. The van der Waals surface area contributed by atoms with Crippen LogP contribution in [0.2, 0.25) is 0 Å². The number of hydrogen-bond acceptors (Lipinski definition) is 5. The highest BCUT2D eigenvalue weighted by molar-refractivity contribution is 5.94. The van der Waals surface area contributed by atoms with Gasteiger partial charge >= 0.3 is 0 Å². The Morgan fingerprint density at radius 3 is 2.50 bits per heavy atom. The normalized spacial score (nSPS) is 13.9. The number of halogens is 1. The molecule has 1 aromatic heterocycles. The van der Waals surface area contributed by atoms with Crippen LogP contribution in [0.3, 0.4) is 0 Å². The summed E-state index contributed by atoms with van der Waals surface area (Å²) in [5, 5.41) is 0. The van der Waals surface area contributed by atoms with Crippen molar-refractivity contribution in [2.24, 2.45) is 0 Å². The third kappa shape index (κ3) is 4.56. The van der Waals surface area contributed by atoms with Crippen molar-refractivity contribution in [3.05, 3.63) is 77.9 Å². The first-order chi connectivity index (χ1) is 14.6. The SMILES string of the molecule is CCc1ccc(C(=O)N2CCN(c3cc(Oc4cccc(F)c4)ncn3)CC2)cc1. The van der Waals surface area contributed by atoms with Crippen LogP contribution in [-0.4, -0.2) is 47.0 Å². The molecule has 0 N–H and O–H groups in total. The first-order valence-corrected chi connectivity index (χ1v) is 10.0. The van der Waals surface area contributed by atoms with Crippen LogP contribution in [0.25, 0.3) is 0 Å². The van der Waals surface area contributed by atoms with Crippen LogP contribution in [0.1, 0.15) is 22.8 Å². The zero-order chi connectivity index (χ0) is 20.9. The van der Waals surface area contributed by atoms with Gasteiger partial charge in [-0.05, 0) is 36.2 Å². The molecule has 0 aliphatic carbocycles. The predicted molar refractivity (Wildman–Crippen MR) is 112 cm³/mol. The minimum atomic E-state index is -0.369. The van der Waals surface area contributed by atoms with Gasteiger partial charge in [-0.25, -0.2) is 14.4 Å². The molecule has 1 aliphatic rings. The number of hydrogen-bond donors (Lipinski definition) is 0. The summed E-state index contributed by atoms with van der Waals surface area (Å²) in [6.45, 7) is 4.64. The lowest BCUT2D eigenvalue weighted by atomic mass is 10.1. The molecule has 0 saturated carbocycles. The molecule has 3 aromatic rings. The predicted octanol–water partition coefficient (Wildman–Crippen LogP) is 3.93. The summed E-state index contributed by atoms with van der Waals surface area (Å²) in [7, 11) is 0. The molecule has 0 radical (unpaired) electrons. The lowest BCUT2D eigenvalue weighted by Crippen LogP contribution is -2.49. The number of amides is 1. The molecular formula is C23H23FN4O2. The third-order valence-corrected chi connectivity index (χ3v) is 5.15. The van der Waals surface area contributed by atoms with Gasteiger partial charge in [-0.15, -0.1) is 0 Å². The van der Waals surface area contributed by atoms with Crippen molar-refractivity contribution >= 4 is 11.7 Å². The van der Waals surface area contributed by atoms with E-state index in [1.807, 2.05) is 29.2 Å². The van der Waals surface area contributed by atoms with E-state index in [-0.39, 0.29) is 11.7 Å². The molecule has 7 heteroatoms. The van der Waals surface area contributed by atoms with Gasteiger partial charge in [0.05, 0.1) is 0 Å². The number of carbonyl (C=O) groups is 1. The molecule has 30 heavy (non-hydrogen) atoms. The fourth-order valence-electron chi connectivity index (χ4n) is 3.41. The van der Waals surface area contributed by atoms with Crippen LogP contribution in [0.5, 0.6) is 11.6 Å². The maximum atomic E-state index is 13.3. The fraction of sp³-hybridized carbons (Fsp3) is 0.261. The van der Waals surface area contributed by atoms with Crippen molar-refractivity contribution in [2.75, 3.05) is 31.1 Å². The second-order valence-corrected chi connectivity index (χ2v) is 7.10. The van der Waals surface area contributed by atoms with Crippen molar-refractivity contribution in [3.63, 3.8) is 0 Å². The number of aryl methyl sites for hydroxylation is 1. The van der Waals surface area contributed by atoms with Crippen molar-refractivity contribution in [1.82, 2.24) is 14.9 Å². The Balaban J connectivity index is 1.38. The zero-order valence-corrected chi connectivity index (χ0v) is 16.8. The highest BCUT2D eigenvalue weighted by Gasteiger charge is 2.23. The lowest BCUT2D eigenvalue weighted by molar-refractivity contribution is 0.0746. The summed E-state index contributed by atoms with van der Waals surface area (Å²) in [6, 6.07) is 15.4. The number of nitrogens with zero attached hydrogens (tertiary/aromatic N) is 4. The van der Waals surface area contributed by atoms with E-state index in [0.29, 0.717) is 43.4 Å². The quantitative estimate of drug-likeness (QED) is 0.643. The Kier molecular flexibility index (Phi) is 5.88. The molecule has 1 saturated heterocycles. The topological polar surface area (TPSA) is 58.6 Å². The molecule has 4 rings (SSSR count). The first-order valence-electron chi connectivity index (χ1n) is 10.0. The largest absolute Gasteiger partial charge is 0.439 e. The fourth-order valence-corrected chi connectivity index (χ4v) is 3.41. The first kappa shape index (κ1) is 19.8. The van der Waals surface area contributed by atoms with Gasteiger partial charge in [0.2, 0.25) is 5.88 Å². The van der Waals surface area contributed by atoms with Gasteiger partial charge in [-0.3, -0.25) is 4.79 Å². The Morgan fingerprint density at radius 2 is 1.80 bits per heavy atom. The number of carbonyl (C=O) groups excluding carboxylic acids is 1. The van der Waals surface area contributed by atoms with Crippen molar-refractivity contribution < 1.29 is 13.9 Å². The molecule has 0 bridgehead atoms. The highest BCUT2D eigenvalue weighted by atomic mass is 19.1. The molecule has 1 amide bonds. The summed E-state index contributed by atoms with van der Waals surface area (Å²) < 4.78 is 19.0. The monoisotopic (exact) mass is 406 g/mol. The minimum Gasteiger partial charge on any atom is -0.439 e. The van der Waals surface area contributed by atoms with Crippen LogP contribution >= 0.6 is 0 Å². The number of rotatable bonds is 5. The molecule has 2 heterocycles. The highest BCUT2D eigenvalue weighted by Crippen LogP contribution is 2.23. The number of anilines is 1. The standard InChI is InChI=1S/C23H23FN4O2/c1-2-17-6-8-18(9-7-17)23(29)28-12-10-27(11-13-28)21-15-22(26-16-25-21)30-20-5-3-4-19(24)14-20/h3-9,14-16H,2,10-13H2,1H3. The maximum Gasteiger partial charge on any atom is 0.253 e. The number of benzene rings is 2. The summed E-state index contributed by atoms with van der Waals surface area (Å²) in [5.41, 5.74) is 1.94. The van der Waals surface area contributed by atoms with Crippen molar-refractivity contribution in [2.45, 2.75) is 13.3 Å². The van der Waals surface area contributed by atoms with Gasteiger partial charge < -0.3 is 14.5 Å². The second-order valence-electron chi connectivity index (χ2n) is 7.10. The van der Waals surface area contributed by atoms with E-state index >= 15 is 0 Å². The van der Waals surface area contributed by atoms with Crippen LogP contribution in [0.15, 0.2) is 60.9 Å². The Labute approximate surface area is 174 Å². The second kappa shape index (κ2) is 8.90. The van der Waals surface area contributed by atoms with E-state index < -0.39 is 0 Å². The van der Waals surface area contributed by atoms with Gasteiger partial charge in [0.15, 0.2) is 0 Å². The van der Waals surface area contributed by atoms with E-state index in [1.165, 1.54) is 24.0 Å². The van der Waals surface area contributed by atoms with Crippen LogP contribution < -0.4 is 9.64 Å². The molecule has 0 unspecified atom stereocenters. The van der Waals surface area contributed by atoms with Gasteiger partial charge in [-0.1, -0.05) is 25.1 Å². The Bertz CT molecular complexity index is 1020. The average molecular weight is 406 g/mol. The van der Waals surface area contributed by atoms with Gasteiger partial charge in [0.1, 0.15) is 23.7 Å². The summed E-state index contributed by atoms with van der Waals surface area (Å²) in [5.74, 6) is 1.13. The third-order valence-electron chi connectivity index (χ3n) is 5.15. The van der Waals surface area contributed by atoms with Crippen molar-refractivity contribution in [1.29, 1.82) is 0 Å². The number of piperazine rings is 1. The summed E-state index contributed by atoms with van der Waals surface area (Å²) in [6.07, 6.45) is 2.38. The average Bonchev–Trinajstić information content (AvgIpc) is 2.79. The molecule has 1 aliphatic heterocycles. The van der Waals surface area contributed by atoms with Crippen LogP contribution in [0.4, 0.5) is 10.2 Å². The number of aromatic nitrogens is 2. The molecule has 1 fully saturated rings. The molecule has 2 aromatic carbocycles. The zero-order valence-electron chi connectivity index (χ0n) is 16.8. The molecule has 0 spiro atoms. The van der Waals surface area contributed by atoms with E-state index in [4.69, 9.17) is 4.74 Å². The van der Waals surface area contributed by atoms with E-state index in [0.717, 1.165) is 12.2 Å². The van der Waals surface area contributed by atoms with Gasteiger partial charge in [0.25, 0.3) is 5.91 Å². The lowest BCUT2D eigenvalue weighted by Gasteiger charge is -2.35. The summed E-state index contributed by atoms with van der Waals surface area (Å²) >= 11 is 0. The molecule has 0 atom stereocenters. The van der Waals surface area contributed by atoms with Gasteiger partial charge in [0, 0.05) is 43.9 Å². The smallest absolute Gasteiger partial charge is 0.253 e. The molecule has 6 nitrogen and oxygen atoms in total. The van der Waals surface area contributed by atoms with Gasteiger partial charge in [-0.2, -0.15) is 0 Å². The van der Waals surface area contributed by atoms with E-state index in [1.54, 1.807) is 18.2 Å². The van der Waals surface area contributed by atoms with E-state index in [9.17, 15) is 9.18 Å². The van der Waals surface area contributed by atoms with Crippen molar-refractivity contribution in [3.8, 4) is 11.6 Å². The summed E-state index contributed by atoms with van der Waals surface area (Å²) in [4.78, 5) is 25.1. The molecule has 154 valence electrons. The molecular weight excluding hydrogens is 383 g/mol. The number of ether oxygens (including phenoxy) is 1. The van der Waals surface area contributed by atoms with Crippen LogP contribution in [0, 0.1) is 5.82 Å². The Hall–Kier alpha value is -3.48. The Morgan fingerprint density at radius 1 is 1.03 bits per heavy atom.